The summed E-state index contributed by atoms with van der Waals surface area (Å²) in [7, 11) is 0. The molecule has 0 aromatic carbocycles. The van der Waals surface area contributed by atoms with Gasteiger partial charge >= 0.3 is 0 Å². The first kappa shape index (κ1) is 16.3. The minimum Gasteiger partial charge on any atom is -0.360 e. The molecule has 0 unspecified atom stereocenters. The van der Waals surface area contributed by atoms with Crippen LogP contribution in [-0.4, -0.2) is 44.0 Å². The lowest BCUT2D eigenvalue weighted by Gasteiger charge is -2.28. The van der Waals surface area contributed by atoms with Crippen LogP contribution in [0.1, 0.15) is 12.2 Å². The molecule has 2 bridgehead atoms. The van der Waals surface area contributed by atoms with Gasteiger partial charge in [-0.05, 0) is 25.2 Å². The first-order valence-electron chi connectivity index (χ1n) is 7.75. The van der Waals surface area contributed by atoms with Crippen molar-refractivity contribution in [3.8, 4) is 0 Å². The summed E-state index contributed by atoms with van der Waals surface area (Å²) in [4.78, 5) is 39.0. The third kappa shape index (κ3) is 2.28. The van der Waals surface area contributed by atoms with Gasteiger partial charge in [0.05, 0.1) is 11.8 Å². The van der Waals surface area contributed by atoms with Crippen molar-refractivity contribution in [2.24, 2.45) is 23.7 Å². The molecular weight excluding hydrogens is 446 g/mol. The molecule has 3 amide bonds. The summed E-state index contributed by atoms with van der Waals surface area (Å²) in [5, 5.41) is 6.22. The van der Waals surface area contributed by atoms with Gasteiger partial charge in [-0.25, -0.2) is 0 Å². The molecule has 1 aliphatic heterocycles. The van der Waals surface area contributed by atoms with Crippen molar-refractivity contribution >= 4 is 55.4 Å². The molecule has 2 aliphatic carbocycles. The number of halogens is 2. The topological polar surface area (TPSA) is 92.5 Å². The summed E-state index contributed by atoms with van der Waals surface area (Å²) in [5.41, 5.74) is 0. The van der Waals surface area contributed by atoms with E-state index in [4.69, 9.17) is 4.52 Å². The van der Waals surface area contributed by atoms with Crippen molar-refractivity contribution in [3.05, 3.63) is 11.8 Å². The zero-order chi connectivity index (χ0) is 17.2. The molecule has 24 heavy (non-hydrogen) atoms. The number of aryl methyl sites for hydroxylation is 1. The average molecular weight is 461 g/mol. The molecule has 3 aliphatic rings. The predicted octanol–water partition coefficient (Wildman–Crippen LogP) is 1.70. The van der Waals surface area contributed by atoms with E-state index in [9.17, 15) is 14.4 Å². The van der Waals surface area contributed by atoms with Crippen LogP contribution in [-0.2, 0) is 14.4 Å². The second-order valence-electron chi connectivity index (χ2n) is 6.64. The number of anilines is 1. The Labute approximate surface area is 154 Å². The van der Waals surface area contributed by atoms with E-state index in [2.05, 4.69) is 42.3 Å². The molecule has 0 radical (unpaired) electrons. The van der Waals surface area contributed by atoms with Gasteiger partial charge in [-0.15, -0.1) is 0 Å². The van der Waals surface area contributed by atoms with Gasteiger partial charge in [-0.3, -0.25) is 19.3 Å². The number of carbonyl (C=O) groups excluding carboxylic acids is 3. The molecule has 6 atom stereocenters. The van der Waals surface area contributed by atoms with Gasteiger partial charge in [0.1, 0.15) is 12.3 Å². The van der Waals surface area contributed by atoms with Crippen LogP contribution in [0.2, 0.25) is 0 Å². The summed E-state index contributed by atoms with van der Waals surface area (Å²) in [5.74, 6) is -0.386. The fourth-order valence-electron chi connectivity index (χ4n) is 4.32. The Bertz CT molecular complexity index is 704. The van der Waals surface area contributed by atoms with Gasteiger partial charge in [0.2, 0.25) is 17.7 Å². The average Bonchev–Trinajstić information content (AvgIpc) is 3.23. The standard InChI is InChI=1S/C15H15Br2N3O4/c1-5-2-8(19-24-5)18-9(21)4-20-14(22)10-6-3-7(11(10)15(20)23)13(17)12(6)16/h2,6-7,10-13H,3-4H2,1H3,(H,18,19,21)/t6-,7+,10-,11+,12+,13-. The first-order valence-corrected chi connectivity index (χ1v) is 9.58. The number of aromatic nitrogens is 1. The van der Waals surface area contributed by atoms with Gasteiger partial charge in [0.15, 0.2) is 5.82 Å². The molecule has 128 valence electrons. The summed E-state index contributed by atoms with van der Waals surface area (Å²) < 4.78 is 4.88. The highest BCUT2D eigenvalue weighted by atomic mass is 79.9. The van der Waals surface area contributed by atoms with E-state index < -0.39 is 5.91 Å². The monoisotopic (exact) mass is 459 g/mol. The molecule has 1 N–H and O–H groups in total. The van der Waals surface area contributed by atoms with Crippen molar-refractivity contribution in [3.63, 3.8) is 0 Å². The number of alkyl halides is 2. The molecule has 3 fully saturated rings. The number of hydrogen-bond acceptors (Lipinski definition) is 5. The van der Waals surface area contributed by atoms with Crippen molar-refractivity contribution in [1.29, 1.82) is 0 Å². The lowest BCUT2D eigenvalue weighted by atomic mass is 9.81. The van der Waals surface area contributed by atoms with E-state index in [1.807, 2.05) is 0 Å². The van der Waals surface area contributed by atoms with Gasteiger partial charge in [-0.2, -0.15) is 0 Å². The van der Waals surface area contributed by atoms with Crippen molar-refractivity contribution < 1.29 is 18.9 Å². The highest BCUT2D eigenvalue weighted by molar-refractivity contribution is 9.12. The number of carbonyl (C=O) groups is 3. The normalized spacial score (nSPS) is 37.2. The van der Waals surface area contributed by atoms with Crippen LogP contribution < -0.4 is 5.32 Å². The van der Waals surface area contributed by atoms with Crippen LogP contribution >= 0.6 is 31.9 Å². The smallest absolute Gasteiger partial charge is 0.245 e. The van der Waals surface area contributed by atoms with Crippen LogP contribution in [0.3, 0.4) is 0 Å². The molecule has 0 spiro atoms. The summed E-state index contributed by atoms with van der Waals surface area (Å²) in [6, 6.07) is 1.57. The summed E-state index contributed by atoms with van der Waals surface area (Å²) in [6.07, 6.45) is 0.872. The minimum absolute atomic E-state index is 0.145. The molecule has 9 heteroatoms. The van der Waals surface area contributed by atoms with E-state index in [0.717, 1.165) is 11.3 Å². The number of imide groups is 1. The van der Waals surface area contributed by atoms with E-state index in [0.29, 0.717) is 5.76 Å². The van der Waals surface area contributed by atoms with E-state index in [-0.39, 0.29) is 57.5 Å². The maximum absolute atomic E-state index is 12.7. The third-order valence-corrected chi connectivity index (χ3v) is 8.48. The largest absolute Gasteiger partial charge is 0.360 e. The highest BCUT2D eigenvalue weighted by Gasteiger charge is 2.66. The SMILES string of the molecule is Cc1cc(NC(=O)CN2C(=O)[C@@H]3[C@H]4C[C@H]([C@@H](Br)[C@H]4Br)[C@@H]3C2=O)no1. The van der Waals surface area contributed by atoms with Crippen molar-refractivity contribution in [2.75, 3.05) is 11.9 Å². The molecule has 2 heterocycles. The lowest BCUT2D eigenvalue weighted by molar-refractivity contribution is -0.143. The fourth-order valence-corrected chi connectivity index (χ4v) is 6.19. The summed E-state index contributed by atoms with van der Waals surface area (Å²) >= 11 is 7.27. The molecule has 1 aromatic heterocycles. The second kappa shape index (κ2) is 5.66. The predicted molar refractivity (Wildman–Crippen MR) is 90.6 cm³/mol. The quantitative estimate of drug-likeness (QED) is 0.547. The molecule has 2 saturated carbocycles. The summed E-state index contributed by atoms with van der Waals surface area (Å²) in [6.45, 7) is 1.43. The Morgan fingerprint density at radius 3 is 2.38 bits per heavy atom. The van der Waals surface area contributed by atoms with Crippen LogP contribution in [0.15, 0.2) is 10.6 Å². The van der Waals surface area contributed by atoms with Crippen LogP contribution in [0.5, 0.6) is 0 Å². The Morgan fingerprint density at radius 1 is 1.29 bits per heavy atom. The fraction of sp³-hybridized carbons (Fsp3) is 0.600. The van der Waals surface area contributed by atoms with Gasteiger partial charge < -0.3 is 9.84 Å². The minimum atomic E-state index is -0.455. The molecular formula is C15H15Br2N3O4. The van der Waals surface area contributed by atoms with Gasteiger partial charge in [0.25, 0.3) is 0 Å². The maximum Gasteiger partial charge on any atom is 0.245 e. The van der Waals surface area contributed by atoms with Crippen LogP contribution in [0, 0.1) is 30.6 Å². The lowest BCUT2D eigenvalue weighted by Crippen LogP contribution is -2.39. The van der Waals surface area contributed by atoms with Crippen molar-refractivity contribution in [2.45, 2.75) is 23.0 Å². The number of hydrogen-bond donors (Lipinski definition) is 1. The highest BCUT2D eigenvalue weighted by Crippen LogP contribution is 2.60. The number of nitrogens with one attached hydrogen (secondary N) is 1. The zero-order valence-corrected chi connectivity index (χ0v) is 15.9. The Balaban J connectivity index is 1.48. The van der Waals surface area contributed by atoms with Crippen LogP contribution in [0.25, 0.3) is 0 Å². The molecule has 7 nitrogen and oxygen atoms in total. The van der Waals surface area contributed by atoms with Crippen molar-refractivity contribution in [1.82, 2.24) is 10.1 Å². The second-order valence-corrected chi connectivity index (χ2v) is 8.75. The Morgan fingerprint density at radius 2 is 1.88 bits per heavy atom. The Hall–Kier alpha value is -1.22. The Kier molecular flexibility index (Phi) is 3.83. The molecule has 1 aromatic rings. The number of fused-ring (bicyclic) bond motifs is 5. The maximum atomic E-state index is 12.7. The van der Waals surface area contributed by atoms with E-state index in [1.165, 1.54) is 0 Å². The number of likely N-dealkylation sites (tertiary alicyclic amines) is 1. The number of nitrogens with zero attached hydrogens (tertiary/aromatic N) is 2. The third-order valence-electron chi connectivity index (χ3n) is 5.28. The number of amides is 3. The van der Waals surface area contributed by atoms with Crippen LogP contribution in [0.4, 0.5) is 5.82 Å². The van der Waals surface area contributed by atoms with E-state index in [1.54, 1.807) is 13.0 Å². The van der Waals surface area contributed by atoms with Gasteiger partial charge in [0, 0.05) is 15.7 Å². The first-order chi connectivity index (χ1) is 11.4. The number of rotatable bonds is 3. The van der Waals surface area contributed by atoms with E-state index >= 15 is 0 Å². The molecule has 4 rings (SSSR count). The molecule has 1 saturated heterocycles. The van der Waals surface area contributed by atoms with Gasteiger partial charge in [-0.1, -0.05) is 37.0 Å². The zero-order valence-electron chi connectivity index (χ0n) is 12.7.